The molecule has 0 aromatic heterocycles. The highest BCUT2D eigenvalue weighted by molar-refractivity contribution is 5.94. The molecule has 24 heavy (non-hydrogen) atoms. The molecule has 1 unspecified atom stereocenters. The van der Waals surface area contributed by atoms with Gasteiger partial charge in [0.25, 0.3) is 5.91 Å². The third-order valence-electron chi connectivity index (χ3n) is 4.33. The second kappa shape index (κ2) is 7.52. The lowest BCUT2D eigenvalue weighted by Crippen LogP contribution is -2.30. The summed E-state index contributed by atoms with van der Waals surface area (Å²) in [6.45, 7) is 12.1. The Morgan fingerprint density at radius 2 is 1.75 bits per heavy atom. The molecule has 1 N–H and O–H groups in total. The molecule has 0 heterocycles. The zero-order valence-electron chi connectivity index (χ0n) is 15.4. The van der Waals surface area contributed by atoms with Crippen LogP contribution < -0.4 is 10.1 Å². The molecule has 3 heteroatoms. The highest BCUT2D eigenvalue weighted by Gasteiger charge is 2.18. The first kappa shape index (κ1) is 18.1. The Morgan fingerprint density at radius 3 is 2.42 bits per heavy atom. The van der Waals surface area contributed by atoms with Gasteiger partial charge in [-0.1, -0.05) is 38.1 Å². The molecule has 0 radical (unpaired) electrons. The Balaban J connectivity index is 2.15. The van der Waals surface area contributed by atoms with Crippen molar-refractivity contribution in [3.8, 4) is 5.75 Å². The van der Waals surface area contributed by atoms with E-state index < -0.39 is 6.10 Å². The van der Waals surface area contributed by atoms with E-state index in [1.54, 1.807) is 6.92 Å². The Bertz CT molecular complexity index is 735. The highest BCUT2D eigenvalue weighted by Crippen LogP contribution is 2.28. The number of benzene rings is 2. The molecule has 2 rings (SSSR count). The number of carbonyl (C=O) groups excluding carboxylic acids is 1. The van der Waals surface area contributed by atoms with Crippen LogP contribution in [-0.2, 0) is 4.79 Å². The van der Waals surface area contributed by atoms with Crippen LogP contribution in [0.15, 0.2) is 36.4 Å². The van der Waals surface area contributed by atoms with Crippen molar-refractivity contribution in [3.63, 3.8) is 0 Å². The average Bonchev–Trinajstić information content (AvgIpc) is 2.51. The van der Waals surface area contributed by atoms with E-state index in [0.29, 0.717) is 5.92 Å². The van der Waals surface area contributed by atoms with E-state index in [-0.39, 0.29) is 5.91 Å². The maximum Gasteiger partial charge on any atom is 0.265 e. The first-order valence-corrected chi connectivity index (χ1v) is 8.44. The van der Waals surface area contributed by atoms with Gasteiger partial charge < -0.3 is 10.1 Å². The van der Waals surface area contributed by atoms with E-state index in [1.807, 2.05) is 45.0 Å². The van der Waals surface area contributed by atoms with Crippen molar-refractivity contribution < 1.29 is 9.53 Å². The van der Waals surface area contributed by atoms with Gasteiger partial charge in [-0.3, -0.25) is 4.79 Å². The molecule has 0 aliphatic rings. The first-order chi connectivity index (χ1) is 11.3. The molecular formula is C21H27NO2. The molecule has 3 nitrogen and oxygen atoms in total. The quantitative estimate of drug-likeness (QED) is 0.826. The van der Waals surface area contributed by atoms with Crippen LogP contribution in [0.25, 0.3) is 0 Å². The summed E-state index contributed by atoms with van der Waals surface area (Å²) in [6.07, 6.45) is -0.566. The topological polar surface area (TPSA) is 38.3 Å². The monoisotopic (exact) mass is 325 g/mol. The van der Waals surface area contributed by atoms with Gasteiger partial charge >= 0.3 is 0 Å². The van der Waals surface area contributed by atoms with Gasteiger partial charge in [0.05, 0.1) is 0 Å². The predicted octanol–water partition coefficient (Wildman–Crippen LogP) is 5.14. The van der Waals surface area contributed by atoms with Crippen molar-refractivity contribution in [1.29, 1.82) is 0 Å². The lowest BCUT2D eigenvalue weighted by molar-refractivity contribution is -0.122. The summed E-state index contributed by atoms with van der Waals surface area (Å²) in [4.78, 5) is 12.5. The number of aryl methyl sites for hydroxylation is 2. The highest BCUT2D eigenvalue weighted by atomic mass is 16.5. The van der Waals surface area contributed by atoms with Crippen LogP contribution >= 0.6 is 0 Å². The van der Waals surface area contributed by atoms with Crippen LogP contribution in [0.3, 0.4) is 0 Å². The van der Waals surface area contributed by atoms with E-state index in [9.17, 15) is 4.79 Å². The summed E-state index contributed by atoms with van der Waals surface area (Å²) in [5.74, 6) is 0.989. The molecule has 0 aliphatic carbocycles. The molecule has 0 bridgehead atoms. The molecule has 1 amide bonds. The van der Waals surface area contributed by atoms with E-state index >= 15 is 0 Å². The molecule has 0 spiro atoms. The van der Waals surface area contributed by atoms with Crippen LogP contribution in [0.5, 0.6) is 5.75 Å². The fraction of sp³-hybridized carbons (Fsp3) is 0.381. The maximum absolute atomic E-state index is 12.5. The van der Waals surface area contributed by atoms with Crippen molar-refractivity contribution in [2.75, 3.05) is 5.32 Å². The van der Waals surface area contributed by atoms with Gasteiger partial charge in [0.15, 0.2) is 6.10 Å². The number of hydrogen-bond acceptors (Lipinski definition) is 2. The van der Waals surface area contributed by atoms with E-state index in [0.717, 1.165) is 33.7 Å². The van der Waals surface area contributed by atoms with Gasteiger partial charge in [-0.2, -0.15) is 0 Å². The SMILES string of the molecule is Cc1ccc(C(C)C)c(OC(C)C(=O)Nc2cccc(C)c2C)c1. The molecule has 0 saturated heterocycles. The number of ether oxygens (including phenoxy) is 1. The zero-order chi connectivity index (χ0) is 17.9. The van der Waals surface area contributed by atoms with Gasteiger partial charge in [0.2, 0.25) is 0 Å². The van der Waals surface area contributed by atoms with Crippen molar-refractivity contribution >= 4 is 11.6 Å². The molecule has 0 aliphatic heterocycles. The van der Waals surface area contributed by atoms with Gasteiger partial charge in [-0.05, 0) is 68.0 Å². The number of rotatable bonds is 5. The molecule has 2 aromatic carbocycles. The summed E-state index contributed by atoms with van der Waals surface area (Å²) in [7, 11) is 0. The number of nitrogens with one attached hydrogen (secondary N) is 1. The zero-order valence-corrected chi connectivity index (χ0v) is 15.4. The van der Waals surface area contributed by atoms with Gasteiger partial charge in [-0.25, -0.2) is 0 Å². The van der Waals surface area contributed by atoms with Crippen molar-refractivity contribution in [2.45, 2.75) is 53.6 Å². The summed E-state index contributed by atoms with van der Waals surface area (Å²) in [6, 6.07) is 12.0. The van der Waals surface area contributed by atoms with Crippen LogP contribution in [-0.4, -0.2) is 12.0 Å². The van der Waals surface area contributed by atoms with Gasteiger partial charge in [0, 0.05) is 5.69 Å². The molecular weight excluding hydrogens is 298 g/mol. The Labute approximate surface area is 145 Å². The van der Waals surface area contributed by atoms with Crippen molar-refractivity contribution in [1.82, 2.24) is 0 Å². The van der Waals surface area contributed by atoms with Crippen molar-refractivity contribution in [2.24, 2.45) is 0 Å². The predicted molar refractivity (Wildman–Crippen MR) is 99.9 cm³/mol. The molecule has 0 saturated carbocycles. The van der Waals surface area contributed by atoms with Crippen LogP contribution in [0, 0.1) is 20.8 Å². The Kier molecular flexibility index (Phi) is 5.66. The molecule has 0 fully saturated rings. The van der Waals surface area contributed by atoms with Crippen LogP contribution in [0.2, 0.25) is 0 Å². The smallest absolute Gasteiger partial charge is 0.265 e. The summed E-state index contributed by atoms with van der Waals surface area (Å²) in [5, 5.41) is 2.97. The van der Waals surface area contributed by atoms with Crippen LogP contribution in [0.4, 0.5) is 5.69 Å². The van der Waals surface area contributed by atoms with Gasteiger partial charge in [-0.15, -0.1) is 0 Å². The van der Waals surface area contributed by atoms with E-state index in [1.165, 1.54) is 0 Å². The minimum absolute atomic E-state index is 0.139. The van der Waals surface area contributed by atoms with Crippen molar-refractivity contribution in [3.05, 3.63) is 58.7 Å². The summed E-state index contributed by atoms with van der Waals surface area (Å²) in [5.41, 5.74) is 5.31. The second-order valence-corrected chi connectivity index (χ2v) is 6.69. The summed E-state index contributed by atoms with van der Waals surface area (Å²) < 4.78 is 5.98. The standard InChI is InChI=1S/C21H27NO2/c1-13(2)18-11-10-14(3)12-20(18)24-17(6)21(23)22-19-9-7-8-15(4)16(19)5/h7-13,17H,1-6H3,(H,22,23). The minimum Gasteiger partial charge on any atom is -0.481 e. The second-order valence-electron chi connectivity index (χ2n) is 6.69. The minimum atomic E-state index is -0.566. The molecule has 128 valence electrons. The lowest BCUT2D eigenvalue weighted by atomic mass is 10.0. The number of amides is 1. The molecule has 1 atom stereocenters. The van der Waals surface area contributed by atoms with E-state index in [4.69, 9.17) is 4.74 Å². The number of carbonyl (C=O) groups is 1. The number of hydrogen-bond donors (Lipinski definition) is 1. The largest absolute Gasteiger partial charge is 0.481 e. The molecule has 2 aromatic rings. The lowest BCUT2D eigenvalue weighted by Gasteiger charge is -2.20. The Morgan fingerprint density at radius 1 is 1.04 bits per heavy atom. The summed E-state index contributed by atoms with van der Waals surface area (Å²) >= 11 is 0. The third-order valence-corrected chi connectivity index (χ3v) is 4.33. The average molecular weight is 325 g/mol. The first-order valence-electron chi connectivity index (χ1n) is 8.44. The van der Waals surface area contributed by atoms with Crippen LogP contribution in [0.1, 0.15) is 48.9 Å². The fourth-order valence-corrected chi connectivity index (χ4v) is 2.59. The maximum atomic E-state index is 12.5. The number of anilines is 1. The third kappa shape index (κ3) is 4.16. The Hall–Kier alpha value is -2.29. The van der Waals surface area contributed by atoms with Gasteiger partial charge in [0.1, 0.15) is 5.75 Å². The normalized spacial score (nSPS) is 12.1. The van der Waals surface area contributed by atoms with E-state index in [2.05, 4.69) is 31.3 Å². The fourth-order valence-electron chi connectivity index (χ4n) is 2.59.